The zero-order valence-electron chi connectivity index (χ0n) is 15.8. The second-order valence-electron chi connectivity index (χ2n) is 7.14. The number of carbonyl (C=O) groups excluding carboxylic acids is 2. The Bertz CT molecular complexity index is 1130. The van der Waals surface area contributed by atoms with Gasteiger partial charge in [0.05, 0.1) is 21.1 Å². The molecule has 148 valence electrons. The molecule has 0 radical (unpaired) electrons. The smallest absolute Gasteiger partial charge is 0.229 e. The van der Waals surface area contributed by atoms with Gasteiger partial charge in [0.15, 0.2) is 11.5 Å². The number of anilines is 2. The van der Waals surface area contributed by atoms with Crippen molar-refractivity contribution in [3.8, 4) is 11.5 Å². The minimum absolute atomic E-state index is 0.0737. The number of thiazole rings is 1. The molecule has 0 aliphatic carbocycles. The van der Waals surface area contributed by atoms with Crippen LogP contribution in [0.5, 0.6) is 11.5 Å². The van der Waals surface area contributed by atoms with Crippen LogP contribution in [-0.4, -0.2) is 36.6 Å². The number of amides is 2. The number of benzene rings is 2. The molecule has 0 bridgehead atoms. The number of nitrogens with zero attached hydrogens (tertiary/aromatic N) is 2. The Morgan fingerprint density at radius 3 is 2.86 bits per heavy atom. The Labute approximate surface area is 171 Å². The van der Waals surface area contributed by atoms with Gasteiger partial charge in [-0.1, -0.05) is 0 Å². The van der Waals surface area contributed by atoms with Gasteiger partial charge in [0, 0.05) is 30.4 Å². The molecule has 2 amide bonds. The average Bonchev–Trinajstić information content (AvgIpc) is 3.29. The molecule has 0 saturated carbocycles. The molecule has 1 N–H and O–H groups in total. The first kappa shape index (κ1) is 17.9. The first-order valence-electron chi connectivity index (χ1n) is 9.45. The highest BCUT2D eigenvalue weighted by Crippen LogP contribution is 2.36. The monoisotopic (exact) mass is 409 g/mol. The third-order valence-corrected chi connectivity index (χ3v) is 6.03. The van der Waals surface area contributed by atoms with Gasteiger partial charge in [0.25, 0.3) is 0 Å². The minimum atomic E-state index is -0.408. The fraction of sp³-hybridized carbons (Fsp3) is 0.286. The van der Waals surface area contributed by atoms with Gasteiger partial charge in [0.1, 0.15) is 13.2 Å². The summed E-state index contributed by atoms with van der Waals surface area (Å²) in [7, 11) is 0. The van der Waals surface area contributed by atoms with Crippen LogP contribution in [0.2, 0.25) is 0 Å². The summed E-state index contributed by atoms with van der Waals surface area (Å²) in [5.74, 6) is 0.668. The number of hydrogen-bond donors (Lipinski definition) is 1. The third-order valence-electron chi connectivity index (χ3n) is 5.10. The molecule has 2 aliphatic rings. The van der Waals surface area contributed by atoms with E-state index in [1.54, 1.807) is 28.4 Å². The highest BCUT2D eigenvalue weighted by Gasteiger charge is 2.35. The first-order valence-corrected chi connectivity index (χ1v) is 10.3. The zero-order chi connectivity index (χ0) is 20.0. The van der Waals surface area contributed by atoms with Gasteiger partial charge in [-0.05, 0) is 37.3 Å². The number of ether oxygens (including phenoxy) is 2. The maximum Gasteiger partial charge on any atom is 0.229 e. The van der Waals surface area contributed by atoms with E-state index in [0.717, 1.165) is 26.6 Å². The van der Waals surface area contributed by atoms with E-state index in [1.807, 2.05) is 31.2 Å². The molecule has 29 heavy (non-hydrogen) atoms. The van der Waals surface area contributed by atoms with E-state index in [0.29, 0.717) is 31.3 Å². The van der Waals surface area contributed by atoms with Gasteiger partial charge in [-0.25, -0.2) is 4.98 Å². The van der Waals surface area contributed by atoms with Crippen molar-refractivity contribution in [2.75, 3.05) is 30.0 Å². The van der Waals surface area contributed by atoms with Gasteiger partial charge in [0.2, 0.25) is 11.8 Å². The lowest BCUT2D eigenvalue weighted by Crippen LogP contribution is -2.28. The van der Waals surface area contributed by atoms with Crippen molar-refractivity contribution in [1.29, 1.82) is 0 Å². The van der Waals surface area contributed by atoms with Crippen LogP contribution < -0.4 is 19.7 Å². The molecule has 5 rings (SSSR count). The molecule has 1 saturated heterocycles. The van der Waals surface area contributed by atoms with Gasteiger partial charge in [-0.15, -0.1) is 11.3 Å². The summed E-state index contributed by atoms with van der Waals surface area (Å²) in [6.07, 6.45) is 0.183. The maximum atomic E-state index is 12.8. The van der Waals surface area contributed by atoms with E-state index >= 15 is 0 Å². The predicted molar refractivity (Wildman–Crippen MR) is 111 cm³/mol. The number of fused-ring (bicyclic) bond motifs is 2. The normalized spacial score (nSPS) is 18.3. The van der Waals surface area contributed by atoms with E-state index in [1.165, 1.54) is 0 Å². The Morgan fingerprint density at radius 1 is 1.17 bits per heavy atom. The third kappa shape index (κ3) is 3.40. The van der Waals surface area contributed by atoms with Crippen LogP contribution in [0.3, 0.4) is 0 Å². The van der Waals surface area contributed by atoms with Crippen LogP contribution in [0.25, 0.3) is 10.2 Å². The van der Waals surface area contributed by atoms with E-state index in [2.05, 4.69) is 10.3 Å². The van der Waals surface area contributed by atoms with E-state index < -0.39 is 5.92 Å². The predicted octanol–water partition coefficient (Wildman–Crippen LogP) is 3.37. The lowest BCUT2D eigenvalue weighted by atomic mass is 10.1. The van der Waals surface area contributed by atoms with Crippen LogP contribution >= 0.6 is 11.3 Å². The summed E-state index contributed by atoms with van der Waals surface area (Å²) in [5.41, 5.74) is 2.36. The Kier molecular flexibility index (Phi) is 4.35. The van der Waals surface area contributed by atoms with Gasteiger partial charge in [-0.2, -0.15) is 0 Å². The fourth-order valence-electron chi connectivity index (χ4n) is 3.69. The molecule has 8 heteroatoms. The molecule has 2 aromatic carbocycles. The highest BCUT2D eigenvalue weighted by molar-refractivity contribution is 7.18. The quantitative estimate of drug-likeness (QED) is 0.717. The molecule has 0 spiro atoms. The lowest BCUT2D eigenvalue weighted by molar-refractivity contribution is -0.122. The van der Waals surface area contributed by atoms with Crippen LogP contribution in [0, 0.1) is 12.8 Å². The van der Waals surface area contributed by atoms with Crippen molar-refractivity contribution in [2.45, 2.75) is 13.3 Å². The van der Waals surface area contributed by atoms with Crippen LogP contribution in [0.15, 0.2) is 36.4 Å². The summed E-state index contributed by atoms with van der Waals surface area (Å²) >= 11 is 1.59. The Morgan fingerprint density at radius 2 is 2.00 bits per heavy atom. The van der Waals surface area contributed by atoms with Gasteiger partial charge >= 0.3 is 0 Å². The summed E-state index contributed by atoms with van der Waals surface area (Å²) < 4.78 is 12.2. The second kappa shape index (κ2) is 7.04. The zero-order valence-corrected chi connectivity index (χ0v) is 16.6. The van der Waals surface area contributed by atoms with E-state index in [9.17, 15) is 9.59 Å². The van der Waals surface area contributed by atoms with Crippen molar-refractivity contribution in [2.24, 2.45) is 5.92 Å². The van der Waals surface area contributed by atoms with Gasteiger partial charge < -0.3 is 19.7 Å². The first-order chi connectivity index (χ1) is 14.1. The molecule has 3 heterocycles. The standard InChI is InChI=1S/C21H19N3O4S/c1-12-22-16-4-2-14(9-19(16)29-12)23-21(26)13-8-20(25)24(11-13)15-3-5-17-18(10-15)28-7-6-27-17/h2-5,9-10,13H,6-8,11H2,1H3,(H,23,26)/t13-/m1/s1. The molecule has 2 aliphatic heterocycles. The Balaban J connectivity index is 1.30. The largest absolute Gasteiger partial charge is 0.486 e. The van der Waals surface area contributed by atoms with Crippen molar-refractivity contribution in [3.05, 3.63) is 41.4 Å². The molecule has 1 fully saturated rings. The van der Waals surface area contributed by atoms with Crippen LogP contribution in [0.1, 0.15) is 11.4 Å². The fourth-order valence-corrected chi connectivity index (χ4v) is 4.56. The molecule has 0 unspecified atom stereocenters. The molecule has 1 aromatic heterocycles. The summed E-state index contributed by atoms with van der Waals surface area (Å²) in [6.45, 7) is 3.30. The molecule has 7 nitrogen and oxygen atoms in total. The van der Waals surface area contributed by atoms with Crippen LogP contribution in [-0.2, 0) is 9.59 Å². The lowest BCUT2D eigenvalue weighted by Gasteiger charge is -2.22. The molecular formula is C21H19N3O4S. The minimum Gasteiger partial charge on any atom is -0.486 e. The Hall–Kier alpha value is -3.13. The molecule has 1 atom stereocenters. The number of nitrogens with one attached hydrogen (secondary N) is 1. The summed E-state index contributed by atoms with van der Waals surface area (Å²) in [6, 6.07) is 11.1. The SMILES string of the molecule is Cc1nc2ccc(NC(=O)[C@@H]3CC(=O)N(c4ccc5c(c4)OCCO5)C3)cc2s1. The summed E-state index contributed by atoms with van der Waals surface area (Å²) in [5, 5.41) is 3.93. The number of aromatic nitrogens is 1. The number of carbonyl (C=O) groups is 2. The van der Waals surface area contributed by atoms with Crippen molar-refractivity contribution in [3.63, 3.8) is 0 Å². The van der Waals surface area contributed by atoms with Crippen molar-refractivity contribution in [1.82, 2.24) is 4.98 Å². The van der Waals surface area contributed by atoms with Crippen LogP contribution in [0.4, 0.5) is 11.4 Å². The second-order valence-corrected chi connectivity index (χ2v) is 8.37. The van der Waals surface area contributed by atoms with Crippen molar-refractivity contribution >= 4 is 44.7 Å². The van der Waals surface area contributed by atoms with E-state index in [4.69, 9.17) is 9.47 Å². The number of aryl methyl sites for hydroxylation is 1. The topological polar surface area (TPSA) is 80.8 Å². The van der Waals surface area contributed by atoms with Crippen molar-refractivity contribution < 1.29 is 19.1 Å². The van der Waals surface area contributed by atoms with Gasteiger partial charge in [-0.3, -0.25) is 9.59 Å². The highest BCUT2D eigenvalue weighted by atomic mass is 32.1. The maximum absolute atomic E-state index is 12.8. The number of rotatable bonds is 3. The average molecular weight is 409 g/mol. The number of hydrogen-bond acceptors (Lipinski definition) is 6. The molecular weight excluding hydrogens is 390 g/mol. The molecule has 3 aromatic rings. The van der Waals surface area contributed by atoms with E-state index in [-0.39, 0.29) is 18.2 Å². The summed E-state index contributed by atoms with van der Waals surface area (Å²) in [4.78, 5) is 31.4.